The molecule has 2 aromatic carbocycles. The van der Waals surface area contributed by atoms with Crippen LogP contribution in [0.1, 0.15) is 42.2 Å². The molecule has 0 aliphatic carbocycles. The van der Waals surface area contributed by atoms with Crippen LogP contribution in [-0.4, -0.2) is 34.9 Å². The van der Waals surface area contributed by atoms with Crippen LogP contribution in [0.25, 0.3) is 10.9 Å². The number of unbranched alkanes of at least 4 members (excludes halogenated alkanes) is 1. The van der Waals surface area contributed by atoms with Crippen LogP contribution in [0.3, 0.4) is 0 Å². The fourth-order valence-electron chi connectivity index (χ4n) is 3.12. The largest absolute Gasteiger partial charge is 0.507 e. The number of amides is 1. The Morgan fingerprint density at radius 3 is 2.76 bits per heavy atom. The molecule has 0 fully saturated rings. The number of anilines is 1. The number of hydrogen-bond acceptors (Lipinski definition) is 5. The number of aromatic nitrogens is 2. The number of aromatic hydroxyl groups is 1. The Morgan fingerprint density at radius 1 is 1.31 bits per heavy atom. The minimum Gasteiger partial charge on any atom is -0.507 e. The number of nitrogens with one attached hydrogen (secondary N) is 1. The van der Waals surface area contributed by atoms with E-state index in [1.165, 1.54) is 11.0 Å². The summed E-state index contributed by atoms with van der Waals surface area (Å²) in [6.07, 6.45) is 2.90. The van der Waals surface area contributed by atoms with Gasteiger partial charge in [-0.3, -0.25) is 9.89 Å². The van der Waals surface area contributed by atoms with Crippen LogP contribution < -0.4 is 9.64 Å². The highest BCUT2D eigenvalue weighted by atomic mass is 16.5. The molecule has 29 heavy (non-hydrogen) atoms. The van der Waals surface area contributed by atoms with Gasteiger partial charge in [0.05, 0.1) is 23.8 Å². The van der Waals surface area contributed by atoms with Crippen molar-refractivity contribution in [3.8, 4) is 17.6 Å². The average Bonchev–Trinajstić information content (AvgIpc) is 3.12. The molecule has 7 nitrogen and oxygen atoms in total. The number of aryl methyl sites for hydroxylation is 1. The molecule has 1 amide bonds. The Labute approximate surface area is 169 Å². The number of carbonyl (C=O) groups is 1. The third-order valence-electron chi connectivity index (χ3n) is 4.71. The average molecular weight is 392 g/mol. The zero-order valence-electron chi connectivity index (χ0n) is 16.6. The minimum absolute atomic E-state index is 0.0960. The van der Waals surface area contributed by atoms with Crippen molar-refractivity contribution < 1.29 is 14.6 Å². The molecule has 0 saturated carbocycles. The summed E-state index contributed by atoms with van der Waals surface area (Å²) in [4.78, 5) is 14.5. The number of benzene rings is 2. The first-order chi connectivity index (χ1) is 14.0. The number of rotatable bonds is 8. The maximum Gasteiger partial charge on any atom is 0.261 e. The van der Waals surface area contributed by atoms with Crippen molar-refractivity contribution in [1.82, 2.24) is 10.2 Å². The number of H-pyrrole nitrogens is 1. The molecule has 0 atom stereocenters. The van der Waals surface area contributed by atoms with Gasteiger partial charge in [0.1, 0.15) is 11.5 Å². The third kappa shape index (κ3) is 4.49. The van der Waals surface area contributed by atoms with Gasteiger partial charge in [0.15, 0.2) is 0 Å². The van der Waals surface area contributed by atoms with Crippen LogP contribution in [-0.2, 0) is 6.42 Å². The molecule has 7 heteroatoms. The molecule has 0 saturated heterocycles. The second-order valence-corrected chi connectivity index (χ2v) is 6.81. The monoisotopic (exact) mass is 392 g/mol. The van der Waals surface area contributed by atoms with Gasteiger partial charge in [-0.2, -0.15) is 10.4 Å². The Bertz CT molecular complexity index is 1030. The zero-order valence-corrected chi connectivity index (χ0v) is 16.6. The molecule has 1 aromatic heterocycles. The van der Waals surface area contributed by atoms with Crippen LogP contribution >= 0.6 is 0 Å². The number of nitrogens with zero attached hydrogens (tertiary/aromatic N) is 3. The zero-order chi connectivity index (χ0) is 20.8. The van der Waals surface area contributed by atoms with E-state index in [4.69, 9.17) is 10.00 Å². The summed E-state index contributed by atoms with van der Waals surface area (Å²) in [6, 6.07) is 12.4. The summed E-state index contributed by atoms with van der Waals surface area (Å²) in [5.41, 5.74) is 2.51. The van der Waals surface area contributed by atoms with Crippen LogP contribution in [0.15, 0.2) is 36.4 Å². The molecule has 3 aromatic rings. The highest BCUT2D eigenvalue weighted by Gasteiger charge is 2.20. The number of ether oxygens (including phenoxy) is 1. The highest BCUT2D eigenvalue weighted by molar-refractivity contribution is 6.09. The first-order valence-electron chi connectivity index (χ1n) is 9.63. The Morgan fingerprint density at radius 2 is 2.07 bits per heavy atom. The normalized spacial score (nSPS) is 10.7. The first-order valence-corrected chi connectivity index (χ1v) is 9.63. The predicted molar refractivity (Wildman–Crippen MR) is 111 cm³/mol. The van der Waals surface area contributed by atoms with Crippen molar-refractivity contribution in [3.05, 3.63) is 47.7 Å². The molecular weight excluding hydrogens is 368 g/mol. The van der Waals surface area contributed by atoms with E-state index in [1.54, 1.807) is 37.4 Å². The highest BCUT2D eigenvalue weighted by Crippen LogP contribution is 2.29. The fourth-order valence-corrected chi connectivity index (χ4v) is 3.12. The molecule has 0 radical (unpaired) electrons. The van der Waals surface area contributed by atoms with E-state index in [9.17, 15) is 9.90 Å². The standard InChI is InChI=1S/C22H24N4O3/c1-3-6-19-17-13-18(21(27)14-20(17)25-24-19)22(28)26(2)15-7-9-16(10-8-15)29-12-5-4-11-23/h7-10,13-14,27H,3-6,12H2,1-2H3,(H,24,25). The molecule has 1 heterocycles. The van der Waals surface area contributed by atoms with Gasteiger partial charge < -0.3 is 14.7 Å². The molecule has 3 rings (SSSR count). The topological polar surface area (TPSA) is 102 Å². The number of phenolic OH excluding ortho intramolecular Hbond substituents is 1. The lowest BCUT2D eigenvalue weighted by molar-refractivity contribution is 0.0990. The van der Waals surface area contributed by atoms with E-state index in [1.807, 2.05) is 0 Å². The van der Waals surface area contributed by atoms with Crippen molar-refractivity contribution in [2.75, 3.05) is 18.6 Å². The molecule has 0 bridgehead atoms. The van der Waals surface area contributed by atoms with Gasteiger partial charge >= 0.3 is 0 Å². The van der Waals surface area contributed by atoms with E-state index < -0.39 is 0 Å². The third-order valence-corrected chi connectivity index (χ3v) is 4.71. The van der Waals surface area contributed by atoms with Crippen LogP contribution in [0, 0.1) is 11.3 Å². The molecule has 0 aliphatic rings. The smallest absolute Gasteiger partial charge is 0.261 e. The van der Waals surface area contributed by atoms with E-state index >= 15 is 0 Å². The first kappa shape index (κ1) is 20.2. The molecular formula is C22H24N4O3. The summed E-state index contributed by atoms with van der Waals surface area (Å²) >= 11 is 0. The van der Waals surface area contributed by atoms with Gasteiger partial charge in [-0.15, -0.1) is 0 Å². The summed E-state index contributed by atoms with van der Waals surface area (Å²) < 4.78 is 5.58. The van der Waals surface area contributed by atoms with Gasteiger partial charge in [0.2, 0.25) is 0 Å². The van der Waals surface area contributed by atoms with Crippen molar-refractivity contribution in [2.24, 2.45) is 0 Å². The number of nitriles is 1. The number of fused-ring (bicyclic) bond motifs is 1. The van der Waals surface area contributed by atoms with Crippen LogP contribution in [0.5, 0.6) is 11.5 Å². The summed E-state index contributed by atoms with van der Waals surface area (Å²) in [5.74, 6) is 0.275. The maximum atomic E-state index is 13.0. The van der Waals surface area contributed by atoms with Gasteiger partial charge in [0.25, 0.3) is 5.91 Å². The number of carbonyl (C=O) groups excluding carboxylic acids is 1. The number of aromatic amines is 1. The minimum atomic E-state index is -0.310. The lowest BCUT2D eigenvalue weighted by Gasteiger charge is -2.18. The second kappa shape index (κ2) is 9.11. The SMILES string of the molecule is CCCc1[nH]nc2cc(O)c(C(=O)N(C)c3ccc(OCCCC#N)cc3)cc12. The van der Waals surface area contributed by atoms with Gasteiger partial charge in [-0.05, 0) is 43.2 Å². The molecule has 2 N–H and O–H groups in total. The fraction of sp³-hybridized carbons (Fsp3) is 0.318. The van der Waals surface area contributed by atoms with Gasteiger partial charge in [-0.1, -0.05) is 13.3 Å². The van der Waals surface area contributed by atoms with Gasteiger partial charge in [0, 0.05) is 36.3 Å². The number of phenols is 1. The molecule has 0 unspecified atom stereocenters. The number of hydrogen-bond donors (Lipinski definition) is 2. The Kier molecular flexibility index (Phi) is 6.35. The maximum absolute atomic E-state index is 13.0. The lowest BCUT2D eigenvalue weighted by atomic mass is 10.1. The summed E-state index contributed by atoms with van der Waals surface area (Å²) in [7, 11) is 1.66. The molecule has 150 valence electrons. The van der Waals surface area contributed by atoms with E-state index in [2.05, 4.69) is 23.2 Å². The van der Waals surface area contributed by atoms with Crippen molar-refractivity contribution in [2.45, 2.75) is 32.6 Å². The Hall–Kier alpha value is -3.53. The van der Waals surface area contributed by atoms with E-state index in [0.29, 0.717) is 36.4 Å². The Balaban J connectivity index is 1.78. The quantitative estimate of drug-likeness (QED) is 0.560. The van der Waals surface area contributed by atoms with Crippen LogP contribution in [0.2, 0.25) is 0 Å². The predicted octanol–water partition coefficient (Wildman–Crippen LogP) is 4.18. The second-order valence-electron chi connectivity index (χ2n) is 6.81. The van der Waals surface area contributed by atoms with Crippen molar-refractivity contribution >= 4 is 22.5 Å². The van der Waals surface area contributed by atoms with Crippen LogP contribution in [0.4, 0.5) is 5.69 Å². The lowest BCUT2D eigenvalue weighted by Crippen LogP contribution is -2.26. The van der Waals surface area contributed by atoms with Crippen molar-refractivity contribution in [1.29, 1.82) is 5.26 Å². The summed E-state index contributed by atoms with van der Waals surface area (Å²) in [6.45, 7) is 2.55. The summed E-state index contributed by atoms with van der Waals surface area (Å²) in [5, 5.41) is 26.9. The van der Waals surface area contributed by atoms with Crippen molar-refractivity contribution in [3.63, 3.8) is 0 Å². The van der Waals surface area contributed by atoms with Gasteiger partial charge in [-0.25, -0.2) is 0 Å². The van der Waals surface area contributed by atoms with E-state index in [-0.39, 0.29) is 17.2 Å². The van der Waals surface area contributed by atoms with E-state index in [0.717, 1.165) is 23.9 Å². The molecule has 0 spiro atoms. The molecule has 0 aliphatic heterocycles.